The van der Waals surface area contributed by atoms with Gasteiger partial charge in [0.1, 0.15) is 12.4 Å². The topological polar surface area (TPSA) is 113 Å². The Kier molecular flexibility index (Phi) is 6.15. The van der Waals surface area contributed by atoms with Crippen molar-refractivity contribution in [1.82, 2.24) is 9.97 Å². The first-order valence-electron chi connectivity index (χ1n) is 8.49. The molecule has 0 aliphatic carbocycles. The lowest BCUT2D eigenvalue weighted by atomic mass is 9.93. The van der Waals surface area contributed by atoms with Gasteiger partial charge in [0.25, 0.3) is 0 Å². The molecule has 140 valence electrons. The van der Waals surface area contributed by atoms with Gasteiger partial charge in [0.2, 0.25) is 0 Å². The molecule has 0 fully saturated rings. The molecule has 0 aliphatic rings. The lowest BCUT2D eigenvalue weighted by molar-refractivity contribution is 0.206. The summed E-state index contributed by atoms with van der Waals surface area (Å²) in [5, 5.41) is 0. The van der Waals surface area contributed by atoms with Gasteiger partial charge in [0.05, 0.1) is 5.69 Å². The number of aryl methyl sites for hydroxylation is 1. The number of carbonyl (C=O) groups excluding carboxylic acids is 1. The number of hydrogen-bond donors (Lipinski definition) is 2. The van der Waals surface area contributed by atoms with Crippen LogP contribution in [-0.4, -0.2) is 28.2 Å². The molecule has 4 N–H and O–H groups in total. The first-order valence-corrected chi connectivity index (χ1v) is 8.49. The SMILES string of the molecule is Cc1cc(-c2ccnc(OC(N)=O)n2)ccc1OCC(C)(N)CC(C)C. The monoisotopic (exact) mass is 358 g/mol. The van der Waals surface area contributed by atoms with E-state index < -0.39 is 6.09 Å². The van der Waals surface area contributed by atoms with Crippen molar-refractivity contribution in [3.05, 3.63) is 36.0 Å². The largest absolute Gasteiger partial charge is 0.491 e. The summed E-state index contributed by atoms with van der Waals surface area (Å²) in [6.45, 7) is 8.68. The summed E-state index contributed by atoms with van der Waals surface area (Å²) in [7, 11) is 0. The summed E-state index contributed by atoms with van der Waals surface area (Å²) >= 11 is 0. The summed E-state index contributed by atoms with van der Waals surface area (Å²) in [6, 6.07) is 7.35. The Morgan fingerprint density at radius 2 is 2.04 bits per heavy atom. The highest BCUT2D eigenvalue weighted by Gasteiger charge is 2.21. The highest BCUT2D eigenvalue weighted by molar-refractivity contribution is 5.67. The molecule has 26 heavy (non-hydrogen) atoms. The van der Waals surface area contributed by atoms with Gasteiger partial charge in [0.15, 0.2) is 0 Å². The van der Waals surface area contributed by atoms with Gasteiger partial charge in [-0.3, -0.25) is 0 Å². The average molecular weight is 358 g/mol. The third kappa shape index (κ3) is 5.70. The van der Waals surface area contributed by atoms with Gasteiger partial charge in [-0.05, 0) is 56.0 Å². The zero-order chi connectivity index (χ0) is 19.3. The summed E-state index contributed by atoms with van der Waals surface area (Å²) in [5.74, 6) is 1.28. The van der Waals surface area contributed by atoms with Crippen LogP contribution in [0.15, 0.2) is 30.5 Å². The van der Waals surface area contributed by atoms with E-state index in [2.05, 4.69) is 23.8 Å². The van der Waals surface area contributed by atoms with Crippen LogP contribution in [0.1, 0.15) is 32.8 Å². The van der Waals surface area contributed by atoms with Crippen molar-refractivity contribution >= 4 is 6.09 Å². The van der Waals surface area contributed by atoms with E-state index in [9.17, 15) is 4.79 Å². The van der Waals surface area contributed by atoms with Crippen molar-refractivity contribution < 1.29 is 14.3 Å². The Morgan fingerprint density at radius 1 is 1.31 bits per heavy atom. The molecule has 7 heteroatoms. The van der Waals surface area contributed by atoms with Crippen LogP contribution in [0.5, 0.6) is 11.8 Å². The molecule has 1 aromatic carbocycles. The van der Waals surface area contributed by atoms with Crippen molar-refractivity contribution in [2.24, 2.45) is 17.4 Å². The highest BCUT2D eigenvalue weighted by atomic mass is 16.6. The molecule has 1 atom stereocenters. The number of ether oxygens (including phenoxy) is 2. The van der Waals surface area contributed by atoms with Gasteiger partial charge in [-0.1, -0.05) is 13.8 Å². The van der Waals surface area contributed by atoms with E-state index in [0.29, 0.717) is 18.2 Å². The number of rotatable bonds is 7. The van der Waals surface area contributed by atoms with Crippen LogP contribution in [0.2, 0.25) is 0 Å². The van der Waals surface area contributed by atoms with Gasteiger partial charge in [-0.15, -0.1) is 0 Å². The van der Waals surface area contributed by atoms with Gasteiger partial charge in [-0.2, -0.15) is 4.98 Å². The van der Waals surface area contributed by atoms with Gasteiger partial charge in [-0.25, -0.2) is 9.78 Å². The lowest BCUT2D eigenvalue weighted by Crippen LogP contribution is -2.43. The highest BCUT2D eigenvalue weighted by Crippen LogP contribution is 2.26. The maximum atomic E-state index is 10.8. The van der Waals surface area contributed by atoms with E-state index in [1.165, 1.54) is 6.20 Å². The molecule has 2 aromatic rings. The van der Waals surface area contributed by atoms with E-state index in [1.54, 1.807) is 6.07 Å². The van der Waals surface area contributed by atoms with Crippen LogP contribution in [0.3, 0.4) is 0 Å². The Balaban J connectivity index is 2.13. The minimum absolute atomic E-state index is 0.0828. The molecule has 0 saturated carbocycles. The molecule has 1 amide bonds. The molecule has 2 rings (SSSR count). The predicted molar refractivity (Wildman–Crippen MR) is 100.0 cm³/mol. The Morgan fingerprint density at radius 3 is 2.65 bits per heavy atom. The maximum Gasteiger partial charge on any atom is 0.412 e. The number of nitrogens with two attached hydrogens (primary N) is 2. The van der Waals surface area contributed by atoms with E-state index in [1.807, 2.05) is 32.0 Å². The first kappa shape index (κ1) is 19.7. The number of carbonyl (C=O) groups is 1. The molecule has 1 aromatic heterocycles. The zero-order valence-electron chi connectivity index (χ0n) is 15.7. The second-order valence-corrected chi connectivity index (χ2v) is 7.17. The van der Waals surface area contributed by atoms with Gasteiger partial charge < -0.3 is 20.9 Å². The van der Waals surface area contributed by atoms with E-state index in [4.69, 9.17) is 20.9 Å². The van der Waals surface area contributed by atoms with Crippen molar-refractivity contribution in [3.8, 4) is 23.0 Å². The summed E-state index contributed by atoms with van der Waals surface area (Å²) in [6.07, 6.45) is 1.44. The van der Waals surface area contributed by atoms with Crippen molar-refractivity contribution in [3.63, 3.8) is 0 Å². The third-order valence-electron chi connectivity index (χ3n) is 3.73. The van der Waals surface area contributed by atoms with Crippen LogP contribution in [0.4, 0.5) is 4.79 Å². The zero-order valence-corrected chi connectivity index (χ0v) is 15.7. The third-order valence-corrected chi connectivity index (χ3v) is 3.73. The molecule has 0 radical (unpaired) electrons. The lowest BCUT2D eigenvalue weighted by Gasteiger charge is -2.27. The number of benzene rings is 1. The van der Waals surface area contributed by atoms with E-state index in [0.717, 1.165) is 23.3 Å². The van der Waals surface area contributed by atoms with Crippen LogP contribution in [0.25, 0.3) is 11.3 Å². The number of nitrogens with zero attached hydrogens (tertiary/aromatic N) is 2. The van der Waals surface area contributed by atoms with E-state index in [-0.39, 0.29) is 11.5 Å². The second kappa shape index (κ2) is 8.14. The van der Waals surface area contributed by atoms with Crippen molar-refractivity contribution in [2.75, 3.05) is 6.61 Å². The van der Waals surface area contributed by atoms with Gasteiger partial charge in [0, 0.05) is 17.3 Å². The Labute approximate surface area is 153 Å². The minimum Gasteiger partial charge on any atom is -0.491 e. The first-order chi connectivity index (χ1) is 12.2. The predicted octanol–water partition coefficient (Wildman–Crippen LogP) is 3.05. The fraction of sp³-hybridized carbons (Fsp3) is 0.421. The Hall–Kier alpha value is -2.67. The normalized spacial score (nSPS) is 13.3. The molecule has 1 heterocycles. The molecule has 7 nitrogen and oxygen atoms in total. The molecule has 0 aliphatic heterocycles. The number of hydrogen-bond acceptors (Lipinski definition) is 6. The number of aromatic nitrogens is 2. The molecule has 0 bridgehead atoms. The molecule has 0 saturated heterocycles. The van der Waals surface area contributed by atoms with Crippen LogP contribution in [-0.2, 0) is 0 Å². The summed E-state index contributed by atoms with van der Waals surface area (Å²) < 4.78 is 10.6. The maximum absolute atomic E-state index is 10.8. The van der Waals surface area contributed by atoms with Gasteiger partial charge >= 0.3 is 12.1 Å². The summed E-state index contributed by atoms with van der Waals surface area (Å²) in [4.78, 5) is 18.9. The minimum atomic E-state index is -0.951. The van der Waals surface area contributed by atoms with Crippen LogP contribution in [0, 0.1) is 12.8 Å². The fourth-order valence-electron chi connectivity index (χ4n) is 2.85. The summed E-state index contributed by atoms with van der Waals surface area (Å²) in [5.41, 5.74) is 13.3. The van der Waals surface area contributed by atoms with E-state index >= 15 is 0 Å². The second-order valence-electron chi connectivity index (χ2n) is 7.17. The fourth-order valence-corrected chi connectivity index (χ4v) is 2.85. The quantitative estimate of drug-likeness (QED) is 0.786. The standard InChI is InChI=1S/C19H26N4O3/c1-12(2)10-19(4,21)11-25-16-6-5-14(9-13(16)3)15-7-8-22-18(23-15)26-17(20)24/h5-9,12H,10-11,21H2,1-4H3,(H2,20,24). The Bertz CT molecular complexity index is 775. The van der Waals surface area contributed by atoms with Crippen LogP contribution >= 0.6 is 0 Å². The average Bonchev–Trinajstić information content (AvgIpc) is 2.52. The number of primary amides is 1. The molecular formula is C19H26N4O3. The molecule has 0 spiro atoms. The van der Waals surface area contributed by atoms with Crippen molar-refractivity contribution in [2.45, 2.75) is 39.7 Å². The molecule has 1 unspecified atom stereocenters. The van der Waals surface area contributed by atoms with Crippen LogP contribution < -0.4 is 20.9 Å². The molecular weight excluding hydrogens is 332 g/mol. The smallest absolute Gasteiger partial charge is 0.412 e. The van der Waals surface area contributed by atoms with Crippen molar-refractivity contribution in [1.29, 1.82) is 0 Å². The number of amides is 1.